The van der Waals surface area contributed by atoms with E-state index in [9.17, 15) is 108 Å². The number of hydrogen-bond acceptors (Lipinski definition) is 26. The van der Waals surface area contributed by atoms with Crippen molar-refractivity contribution in [3.05, 3.63) is 29.8 Å². The first-order valence-electron chi connectivity index (χ1n) is 30.6. The summed E-state index contributed by atoms with van der Waals surface area (Å²) in [4.78, 5) is 186. The molecule has 3 rings (SSSR count). The highest BCUT2D eigenvalue weighted by Gasteiger charge is 2.42. The number of nitrogens with one attached hydrogen (secondary N) is 11. The number of nitrogens with zero attached hydrogens (tertiary/aromatic N) is 2. The average Bonchev–Trinajstić information content (AvgIpc) is 1.13. The number of benzene rings is 1. The van der Waals surface area contributed by atoms with E-state index in [1.807, 2.05) is 5.32 Å². The summed E-state index contributed by atoms with van der Waals surface area (Å²) in [5, 5.41) is 110. The molecule has 2 saturated heterocycles. The fourth-order valence-corrected chi connectivity index (χ4v) is 11.0. The summed E-state index contributed by atoms with van der Waals surface area (Å²) < 4.78 is 0. The fraction of sp³-hybridized carbons (Fsp3) is 0.632. The van der Waals surface area contributed by atoms with Gasteiger partial charge in [0.05, 0.1) is 49.6 Å². The number of piperidine rings is 1. The minimum atomic E-state index is -2.07. The van der Waals surface area contributed by atoms with Crippen LogP contribution < -0.4 is 70.4 Å². The van der Waals surface area contributed by atoms with Crippen molar-refractivity contribution in [1.82, 2.24) is 63.0 Å². The van der Waals surface area contributed by atoms with Crippen LogP contribution in [-0.4, -0.2) is 276 Å². The molecule has 96 heavy (non-hydrogen) atoms. The number of aromatic hydroxyl groups is 1. The van der Waals surface area contributed by atoms with Crippen LogP contribution in [0.1, 0.15) is 84.1 Å². The van der Waals surface area contributed by atoms with Crippen molar-refractivity contribution in [2.75, 3.05) is 51.7 Å². The number of primary amides is 1. The maximum atomic E-state index is 14.3. The van der Waals surface area contributed by atoms with Crippen molar-refractivity contribution in [3.63, 3.8) is 0 Å². The number of amides is 12. The van der Waals surface area contributed by atoms with Gasteiger partial charge in [0.1, 0.15) is 66.5 Å². The number of carboxylic acid groups (broad SMARTS) is 1. The Labute approximate surface area is 554 Å². The summed E-state index contributed by atoms with van der Waals surface area (Å²) in [6.45, 7) is 2.49. The monoisotopic (exact) mass is 1380 g/mol. The molecule has 2 heterocycles. The Morgan fingerprint density at radius 2 is 1.30 bits per heavy atom. The maximum absolute atomic E-state index is 14.3. The third kappa shape index (κ3) is 27.7. The Balaban J connectivity index is 1.76. The van der Waals surface area contributed by atoms with E-state index in [1.165, 1.54) is 31.2 Å². The first-order valence-corrected chi connectivity index (χ1v) is 31.6. The number of likely N-dealkylation sites (tertiary alicyclic amines) is 2. The summed E-state index contributed by atoms with van der Waals surface area (Å²) in [7, 11) is 0. The Kier molecular flexibility index (Phi) is 34.7. The first kappa shape index (κ1) is 81.7. The molecule has 0 saturated carbocycles. The smallest absolute Gasteiger partial charge is 0.305 e. The zero-order chi connectivity index (χ0) is 72.1. The molecule has 0 spiro atoms. The summed E-state index contributed by atoms with van der Waals surface area (Å²) in [6, 6.07) is -7.49. The number of aliphatic carboxylic acids is 1. The first-order chi connectivity index (χ1) is 45.2. The van der Waals surface area contributed by atoms with Crippen LogP contribution in [0.5, 0.6) is 5.75 Å². The Bertz CT molecular complexity index is 2900. The summed E-state index contributed by atoms with van der Waals surface area (Å²) >= 11 is 0.826. The predicted octanol–water partition coefficient (Wildman–Crippen LogP) is -10.1. The van der Waals surface area contributed by atoms with Gasteiger partial charge in [-0.1, -0.05) is 26.0 Å². The highest BCUT2D eigenvalue weighted by molar-refractivity contribution is 8.00. The zero-order valence-electron chi connectivity index (χ0n) is 53.1. The number of aldehydes is 1. The third-order valence-corrected chi connectivity index (χ3v) is 16.3. The number of thioether (sulfide) groups is 1. The van der Waals surface area contributed by atoms with E-state index in [4.69, 9.17) is 22.6 Å². The van der Waals surface area contributed by atoms with Gasteiger partial charge in [-0.15, -0.1) is 11.8 Å². The molecule has 0 radical (unpaired) electrons. The molecule has 1 aromatic rings. The number of phenols is 1. The van der Waals surface area contributed by atoms with Gasteiger partial charge < -0.3 is 101 Å². The Morgan fingerprint density at radius 1 is 0.719 bits per heavy atom. The predicted molar refractivity (Wildman–Crippen MR) is 336 cm³/mol. The molecule has 12 amide bonds. The van der Waals surface area contributed by atoms with Crippen molar-refractivity contribution >= 4 is 101 Å². The second kappa shape index (κ2) is 40.8. The number of aliphatic hydroxyl groups excluding tert-OH is 6. The van der Waals surface area contributed by atoms with Crippen LogP contribution in [0.15, 0.2) is 24.3 Å². The minimum Gasteiger partial charge on any atom is -0.508 e. The number of hydrogen-bond donors (Lipinski definition) is 22. The minimum absolute atomic E-state index is 0.00436. The number of carboxylic acids is 1. The maximum Gasteiger partial charge on any atom is 0.305 e. The quantitative estimate of drug-likeness (QED) is 0.00722. The highest BCUT2D eigenvalue weighted by Crippen LogP contribution is 2.27. The van der Waals surface area contributed by atoms with E-state index in [-0.39, 0.29) is 81.1 Å². The molecule has 2 aliphatic heterocycles. The molecule has 10 unspecified atom stereocenters. The number of carbonyl (C=O) groups is 14. The van der Waals surface area contributed by atoms with Gasteiger partial charge in [0.25, 0.3) is 0 Å². The van der Waals surface area contributed by atoms with E-state index in [2.05, 4.69) is 47.9 Å². The van der Waals surface area contributed by atoms with Crippen molar-refractivity contribution in [2.24, 2.45) is 23.1 Å². The van der Waals surface area contributed by atoms with Crippen LogP contribution in [0.25, 0.3) is 0 Å². The molecule has 1 aromatic carbocycles. The van der Waals surface area contributed by atoms with E-state index in [0.717, 1.165) is 16.7 Å². The SMILES string of the molecule is CC(C)CC(NC(=O)CNC(=O)C(O)CSC1CC(=O)N(CCCCN2C[C@H](O)[C@@H](O)[C@@H](O)[C@H]2CO)C1=O)C(=O)NC(CCCNC(=N)N)C(=O)NC(CCC(N)=O)C(=O)NC(Cc1ccc(O)cc1)C(=O)NC(=O)C(CC(=O)O)NC(=O)C(CO)NC(C)C(=O)NC(N)C=O. The number of guanidine groups is 1. The lowest BCUT2D eigenvalue weighted by Gasteiger charge is -2.43. The molecule has 14 atom stereocenters. The van der Waals surface area contributed by atoms with Crippen LogP contribution in [-0.2, 0) is 73.5 Å². The molecule has 536 valence electrons. The van der Waals surface area contributed by atoms with Gasteiger partial charge in [-0.3, -0.25) is 93.0 Å². The average molecular weight is 1380 g/mol. The molecular formula is C57H90N16O22S. The van der Waals surface area contributed by atoms with Gasteiger partial charge in [0, 0.05) is 44.6 Å². The van der Waals surface area contributed by atoms with Crippen LogP contribution in [0.2, 0.25) is 0 Å². The molecule has 2 fully saturated rings. The second-order valence-electron chi connectivity index (χ2n) is 23.2. The van der Waals surface area contributed by atoms with Crippen LogP contribution in [0.3, 0.4) is 0 Å². The van der Waals surface area contributed by atoms with Crippen LogP contribution in [0, 0.1) is 11.3 Å². The molecule has 0 aromatic heterocycles. The number of β-amino-alcohol motifs (C(OH)–C–C–N with tert-alkyl or cyclic N) is 1. The molecule has 39 heteroatoms. The molecular weight excluding hydrogens is 1290 g/mol. The van der Waals surface area contributed by atoms with Crippen molar-refractivity contribution in [1.29, 1.82) is 5.41 Å². The zero-order valence-corrected chi connectivity index (χ0v) is 53.9. The number of aliphatic hydroxyl groups is 6. The van der Waals surface area contributed by atoms with Crippen molar-refractivity contribution in [2.45, 2.75) is 169 Å². The number of rotatable bonds is 42. The lowest BCUT2D eigenvalue weighted by Crippen LogP contribution is -2.62. The molecule has 0 bridgehead atoms. The van der Waals surface area contributed by atoms with E-state index < -0.39 is 212 Å². The van der Waals surface area contributed by atoms with Gasteiger partial charge in [-0.05, 0) is 75.6 Å². The highest BCUT2D eigenvalue weighted by atomic mass is 32.2. The van der Waals surface area contributed by atoms with E-state index in [0.29, 0.717) is 12.8 Å². The van der Waals surface area contributed by atoms with Crippen molar-refractivity contribution in [3.8, 4) is 5.75 Å². The summed E-state index contributed by atoms with van der Waals surface area (Å²) in [5.74, 6) is -15.3. The topological polar surface area (TPSA) is 630 Å². The van der Waals surface area contributed by atoms with Crippen molar-refractivity contribution < 1.29 is 108 Å². The molecule has 38 nitrogen and oxygen atoms in total. The lowest BCUT2D eigenvalue weighted by molar-refractivity contribution is -0.145. The lowest BCUT2D eigenvalue weighted by atomic mass is 9.94. The Hall–Kier alpha value is -8.54. The third-order valence-electron chi connectivity index (χ3n) is 15.0. The summed E-state index contributed by atoms with van der Waals surface area (Å²) in [6.07, 6.45) is -9.77. The normalized spacial score (nSPS) is 19.9. The number of imide groups is 2. The molecule has 2 aliphatic rings. The standard InChI is InChI=1S/C57H90N16O22S/c1-27(2)17-33(65-43(81)21-63-55(94)39(79)26-96-40-20-44(82)73(56(40)95)16-5-4-15-72-22-38(78)47(86)46(85)37(72)24-75)51(90)66-31(7-6-14-62-57(60)61)49(88)67-32(12-13-42(59)80)50(89)68-34(18-29-8-10-30(77)11-9-29)52(91)71-53(92)35(19-45(83)84)69-54(93)36(23-74)64-28(3)48(87)70-41(58)25-76/h8-11,25,27-28,31-41,46-47,64,74-75,77-79,85-86H,4-7,12-24,26,58H2,1-3H3,(H2,59,80)(H,63,94)(H,65,81)(H,66,90)(H,67,88)(H,68,89)(H,69,93)(H,70,87)(H,83,84)(H4,60,61,62)(H,71,91,92)/t28?,31?,32?,33?,34?,35?,36?,37-,38+,39?,40?,41?,46+,47-/m1/s1. The van der Waals surface area contributed by atoms with Gasteiger partial charge in [-0.25, -0.2) is 0 Å². The Morgan fingerprint density at radius 3 is 1.89 bits per heavy atom. The summed E-state index contributed by atoms with van der Waals surface area (Å²) in [5.41, 5.74) is 16.5. The number of carbonyl (C=O) groups excluding carboxylic acids is 13. The van der Waals surface area contributed by atoms with Gasteiger partial charge in [0.15, 0.2) is 12.2 Å². The molecule has 0 aliphatic carbocycles. The fourth-order valence-electron chi connectivity index (χ4n) is 9.87. The van der Waals surface area contributed by atoms with Crippen LogP contribution >= 0.6 is 11.8 Å². The molecule has 25 N–H and O–H groups in total. The van der Waals surface area contributed by atoms with E-state index >= 15 is 0 Å². The number of phenolic OH excluding ortho intramolecular Hbond substituents is 1. The van der Waals surface area contributed by atoms with Gasteiger partial charge >= 0.3 is 5.97 Å². The largest absolute Gasteiger partial charge is 0.508 e. The van der Waals surface area contributed by atoms with Gasteiger partial charge in [0.2, 0.25) is 70.9 Å². The number of nitrogens with two attached hydrogens (primary N) is 3. The second-order valence-corrected chi connectivity index (χ2v) is 24.5. The number of unbranched alkanes of at least 4 members (excludes halogenated alkanes) is 1. The van der Waals surface area contributed by atoms with E-state index in [1.54, 1.807) is 18.7 Å². The van der Waals surface area contributed by atoms with Gasteiger partial charge in [-0.2, -0.15) is 0 Å². The van der Waals surface area contributed by atoms with Crippen LogP contribution in [0.4, 0.5) is 0 Å².